The lowest BCUT2D eigenvalue weighted by Crippen LogP contribution is -2.39. The van der Waals surface area contributed by atoms with Gasteiger partial charge in [-0.2, -0.15) is 5.10 Å². The second-order valence-electron chi connectivity index (χ2n) is 7.52. The normalized spacial score (nSPS) is 17.5. The Morgan fingerprint density at radius 2 is 1.96 bits per heavy atom. The van der Waals surface area contributed by atoms with Gasteiger partial charge in [-0.25, -0.2) is 9.67 Å². The first-order chi connectivity index (χ1) is 13.0. The van der Waals surface area contributed by atoms with Crippen molar-refractivity contribution in [3.63, 3.8) is 0 Å². The molecule has 4 rings (SSSR count). The quantitative estimate of drug-likeness (QED) is 0.652. The number of fused-ring (bicyclic) bond motifs is 1. The predicted molar refractivity (Wildman–Crippen MR) is 108 cm³/mol. The molecule has 5 nitrogen and oxygen atoms in total. The molecule has 140 valence electrons. The van der Waals surface area contributed by atoms with E-state index in [9.17, 15) is 4.79 Å². The number of piperidine rings is 1. The van der Waals surface area contributed by atoms with E-state index in [-0.39, 0.29) is 5.91 Å². The summed E-state index contributed by atoms with van der Waals surface area (Å²) in [5.74, 6) is 0.479. The third kappa shape index (κ3) is 3.21. The minimum atomic E-state index is -0.0385. The molecule has 1 fully saturated rings. The SMILES string of the molecule is Cc1ccc(-n2nc(C)c3c(Cl)c(C(=O)N4CCC[C@H](C)C4)cnc32)cc1. The van der Waals surface area contributed by atoms with Crippen molar-refractivity contribution in [2.75, 3.05) is 13.1 Å². The first-order valence-corrected chi connectivity index (χ1v) is 9.73. The average molecular weight is 383 g/mol. The number of nitrogens with zero attached hydrogens (tertiary/aromatic N) is 4. The highest BCUT2D eigenvalue weighted by Crippen LogP contribution is 2.31. The molecule has 3 aromatic rings. The number of rotatable bonds is 2. The van der Waals surface area contributed by atoms with E-state index in [1.165, 1.54) is 5.56 Å². The van der Waals surface area contributed by atoms with Crippen LogP contribution in [0.25, 0.3) is 16.7 Å². The van der Waals surface area contributed by atoms with Crippen molar-refractivity contribution >= 4 is 28.5 Å². The van der Waals surface area contributed by atoms with Crippen LogP contribution in [0.15, 0.2) is 30.5 Å². The van der Waals surface area contributed by atoms with Crippen molar-refractivity contribution in [2.45, 2.75) is 33.6 Å². The fourth-order valence-electron chi connectivity index (χ4n) is 3.77. The molecule has 1 atom stereocenters. The highest BCUT2D eigenvalue weighted by Gasteiger charge is 2.26. The van der Waals surface area contributed by atoms with Gasteiger partial charge in [0.2, 0.25) is 0 Å². The predicted octanol–water partition coefficient (Wildman–Crippen LogP) is 4.56. The average Bonchev–Trinajstić information content (AvgIpc) is 2.99. The van der Waals surface area contributed by atoms with Crippen LogP contribution in [0.2, 0.25) is 5.02 Å². The van der Waals surface area contributed by atoms with Crippen LogP contribution in [0.1, 0.15) is 41.4 Å². The van der Waals surface area contributed by atoms with Gasteiger partial charge in [0.05, 0.1) is 27.4 Å². The van der Waals surface area contributed by atoms with E-state index in [1.54, 1.807) is 10.9 Å². The van der Waals surface area contributed by atoms with E-state index in [2.05, 4.69) is 17.0 Å². The Morgan fingerprint density at radius 1 is 1.22 bits per heavy atom. The summed E-state index contributed by atoms with van der Waals surface area (Å²) in [4.78, 5) is 19.5. The van der Waals surface area contributed by atoms with Crippen LogP contribution in [0.3, 0.4) is 0 Å². The zero-order chi connectivity index (χ0) is 19.1. The maximum absolute atomic E-state index is 13.0. The molecule has 0 bridgehead atoms. The lowest BCUT2D eigenvalue weighted by molar-refractivity contribution is 0.0683. The number of hydrogen-bond acceptors (Lipinski definition) is 3. The molecule has 1 aromatic carbocycles. The van der Waals surface area contributed by atoms with Crippen molar-refractivity contribution in [1.82, 2.24) is 19.7 Å². The van der Waals surface area contributed by atoms with Crippen LogP contribution in [-0.4, -0.2) is 38.7 Å². The van der Waals surface area contributed by atoms with Gasteiger partial charge in [-0.1, -0.05) is 36.2 Å². The van der Waals surface area contributed by atoms with Gasteiger partial charge >= 0.3 is 0 Å². The number of likely N-dealkylation sites (tertiary alicyclic amines) is 1. The Bertz CT molecular complexity index is 1010. The van der Waals surface area contributed by atoms with Crippen molar-refractivity contribution in [3.05, 3.63) is 52.3 Å². The lowest BCUT2D eigenvalue weighted by atomic mass is 9.99. The maximum Gasteiger partial charge on any atom is 0.256 e. The van der Waals surface area contributed by atoms with Gasteiger partial charge in [0.15, 0.2) is 5.65 Å². The van der Waals surface area contributed by atoms with Crippen LogP contribution in [0.4, 0.5) is 0 Å². The minimum absolute atomic E-state index is 0.0385. The largest absolute Gasteiger partial charge is 0.338 e. The van der Waals surface area contributed by atoms with Crippen molar-refractivity contribution in [2.24, 2.45) is 5.92 Å². The van der Waals surface area contributed by atoms with Crippen molar-refractivity contribution in [1.29, 1.82) is 0 Å². The van der Waals surface area contributed by atoms with E-state index >= 15 is 0 Å². The molecule has 0 spiro atoms. The second kappa shape index (κ2) is 6.97. The smallest absolute Gasteiger partial charge is 0.256 e. The third-order valence-corrected chi connectivity index (χ3v) is 5.65. The van der Waals surface area contributed by atoms with Crippen molar-refractivity contribution in [3.8, 4) is 5.69 Å². The number of halogens is 1. The number of aromatic nitrogens is 3. The topological polar surface area (TPSA) is 51.0 Å². The summed E-state index contributed by atoms with van der Waals surface area (Å²) in [6.07, 6.45) is 3.79. The molecule has 1 aliphatic rings. The minimum Gasteiger partial charge on any atom is -0.338 e. The Morgan fingerprint density at radius 3 is 2.67 bits per heavy atom. The number of benzene rings is 1. The first-order valence-electron chi connectivity index (χ1n) is 9.36. The van der Waals surface area contributed by atoms with Gasteiger partial charge < -0.3 is 4.90 Å². The Labute approximate surface area is 164 Å². The van der Waals surface area contributed by atoms with Crippen molar-refractivity contribution < 1.29 is 4.79 Å². The van der Waals surface area contributed by atoms with E-state index in [0.29, 0.717) is 22.2 Å². The van der Waals surface area contributed by atoms with Crippen LogP contribution in [0, 0.1) is 19.8 Å². The van der Waals surface area contributed by atoms with E-state index < -0.39 is 0 Å². The molecule has 2 aromatic heterocycles. The molecule has 0 unspecified atom stereocenters. The number of pyridine rings is 1. The molecule has 1 aliphatic heterocycles. The van der Waals surface area contributed by atoms with E-state index in [1.807, 2.05) is 43.0 Å². The molecular weight excluding hydrogens is 360 g/mol. The maximum atomic E-state index is 13.0. The first kappa shape index (κ1) is 18.0. The highest BCUT2D eigenvalue weighted by molar-refractivity contribution is 6.38. The summed E-state index contributed by atoms with van der Waals surface area (Å²) in [6.45, 7) is 7.68. The number of carbonyl (C=O) groups is 1. The van der Waals surface area contributed by atoms with Crippen LogP contribution in [0.5, 0.6) is 0 Å². The molecule has 0 aliphatic carbocycles. The van der Waals surface area contributed by atoms with Gasteiger partial charge in [0, 0.05) is 19.3 Å². The zero-order valence-corrected chi connectivity index (χ0v) is 16.6. The van der Waals surface area contributed by atoms with Gasteiger partial charge in [0.25, 0.3) is 5.91 Å². The lowest BCUT2D eigenvalue weighted by Gasteiger charge is -2.31. The summed E-state index contributed by atoms with van der Waals surface area (Å²) in [5.41, 5.74) is 4.01. The Kier molecular flexibility index (Phi) is 4.64. The van der Waals surface area contributed by atoms with E-state index in [0.717, 1.165) is 42.7 Å². The standard InChI is InChI=1S/C21H23ClN4O/c1-13-6-8-16(9-7-13)26-20-18(15(3)24-26)19(22)17(11-23-20)21(27)25-10-4-5-14(2)12-25/h6-9,11,14H,4-5,10,12H2,1-3H3/t14-/m0/s1. The fourth-order valence-corrected chi connectivity index (χ4v) is 4.12. The summed E-state index contributed by atoms with van der Waals surface area (Å²) >= 11 is 6.68. The number of amides is 1. The van der Waals surface area contributed by atoms with Crippen LogP contribution in [-0.2, 0) is 0 Å². The van der Waals surface area contributed by atoms with Gasteiger partial charge in [-0.05, 0) is 44.7 Å². The highest BCUT2D eigenvalue weighted by atomic mass is 35.5. The molecular formula is C21H23ClN4O. The molecule has 27 heavy (non-hydrogen) atoms. The summed E-state index contributed by atoms with van der Waals surface area (Å²) in [6, 6.07) is 8.08. The Hall–Kier alpha value is -2.40. The molecule has 0 saturated carbocycles. The van der Waals surface area contributed by atoms with Gasteiger partial charge in [-0.15, -0.1) is 0 Å². The summed E-state index contributed by atoms with van der Waals surface area (Å²) in [5, 5.41) is 5.81. The van der Waals surface area contributed by atoms with Crippen LogP contribution < -0.4 is 0 Å². The molecule has 6 heteroatoms. The molecule has 3 heterocycles. The molecule has 1 saturated heterocycles. The van der Waals surface area contributed by atoms with E-state index in [4.69, 9.17) is 11.6 Å². The fraction of sp³-hybridized carbons (Fsp3) is 0.381. The third-order valence-electron chi connectivity index (χ3n) is 5.26. The summed E-state index contributed by atoms with van der Waals surface area (Å²) < 4.78 is 1.78. The van der Waals surface area contributed by atoms with Gasteiger partial charge in [-0.3, -0.25) is 4.79 Å². The molecule has 0 radical (unpaired) electrons. The van der Waals surface area contributed by atoms with Gasteiger partial charge in [0.1, 0.15) is 0 Å². The monoisotopic (exact) mass is 382 g/mol. The number of hydrogen-bond donors (Lipinski definition) is 0. The molecule has 1 amide bonds. The molecule has 0 N–H and O–H groups in total. The number of aryl methyl sites for hydroxylation is 2. The zero-order valence-electron chi connectivity index (χ0n) is 15.9. The second-order valence-corrected chi connectivity index (χ2v) is 7.89. The van der Waals surface area contributed by atoms with Crippen LogP contribution >= 0.6 is 11.6 Å². The summed E-state index contributed by atoms with van der Waals surface area (Å²) in [7, 11) is 0. The number of carbonyl (C=O) groups excluding carboxylic acids is 1. The Balaban J connectivity index is 1.77.